The Balaban J connectivity index is 1.97. The summed E-state index contributed by atoms with van der Waals surface area (Å²) >= 11 is 0.417. The van der Waals surface area contributed by atoms with Crippen LogP contribution in [0.3, 0.4) is 0 Å². The van der Waals surface area contributed by atoms with E-state index in [1.807, 2.05) is 6.07 Å². The normalized spacial score (nSPS) is 10.4. The van der Waals surface area contributed by atoms with Crippen molar-refractivity contribution in [2.24, 2.45) is 0 Å². The predicted molar refractivity (Wildman–Crippen MR) is 102 cm³/mol. The molecular formula is C20H18O2Se2. The molecule has 0 atom stereocenters. The molecular weight excluding hydrogens is 430 g/mol. The van der Waals surface area contributed by atoms with Gasteiger partial charge in [-0.15, -0.1) is 0 Å². The van der Waals surface area contributed by atoms with Crippen LogP contribution < -0.4 is 27.3 Å². The van der Waals surface area contributed by atoms with Crippen molar-refractivity contribution in [1.82, 2.24) is 0 Å². The summed E-state index contributed by atoms with van der Waals surface area (Å²) in [6.45, 7) is 0. The summed E-state index contributed by atoms with van der Waals surface area (Å²) in [5, 5.41) is 0. The zero-order valence-electron chi connectivity index (χ0n) is 13.6. The second kappa shape index (κ2) is 8.41. The van der Waals surface area contributed by atoms with Gasteiger partial charge in [-0.25, -0.2) is 0 Å². The van der Waals surface area contributed by atoms with Crippen molar-refractivity contribution in [3.05, 3.63) is 72.8 Å². The van der Waals surface area contributed by atoms with Crippen molar-refractivity contribution in [1.29, 1.82) is 0 Å². The van der Waals surface area contributed by atoms with Crippen molar-refractivity contribution < 1.29 is 9.47 Å². The second-order valence-corrected chi connectivity index (χ2v) is 9.66. The number of methoxy groups -OCH3 is 2. The van der Waals surface area contributed by atoms with Gasteiger partial charge in [-0.3, -0.25) is 0 Å². The molecule has 0 saturated carbocycles. The van der Waals surface area contributed by atoms with Crippen molar-refractivity contribution in [3.63, 3.8) is 0 Å². The van der Waals surface area contributed by atoms with Gasteiger partial charge in [0, 0.05) is 0 Å². The van der Waals surface area contributed by atoms with Crippen LogP contribution in [-0.2, 0) is 0 Å². The average Bonchev–Trinajstić information content (AvgIpc) is 2.64. The van der Waals surface area contributed by atoms with Crippen LogP contribution in [0.25, 0.3) is 0 Å². The van der Waals surface area contributed by atoms with E-state index in [1.54, 1.807) is 14.2 Å². The third-order valence-electron chi connectivity index (χ3n) is 3.39. The van der Waals surface area contributed by atoms with Crippen LogP contribution in [0.1, 0.15) is 0 Å². The standard InChI is InChI=1S/C20H18O2Se2/c1-21-17-13-18(22-2)20(24-16-11-7-4-8-12-16)14-19(17)23-15-9-5-3-6-10-15/h3-14H,1-2H3. The first kappa shape index (κ1) is 17.1. The molecule has 3 aromatic rings. The zero-order chi connectivity index (χ0) is 16.8. The Morgan fingerprint density at radius 1 is 0.583 bits per heavy atom. The van der Waals surface area contributed by atoms with Gasteiger partial charge in [0.15, 0.2) is 0 Å². The molecule has 0 unspecified atom stereocenters. The zero-order valence-corrected chi connectivity index (χ0v) is 17.0. The monoisotopic (exact) mass is 450 g/mol. The summed E-state index contributed by atoms with van der Waals surface area (Å²) in [6.07, 6.45) is 0. The molecule has 122 valence electrons. The van der Waals surface area contributed by atoms with Crippen LogP contribution >= 0.6 is 0 Å². The first-order chi connectivity index (χ1) is 11.8. The SMILES string of the molecule is COc1cc(OC)c([Se]c2ccccc2)cc1[Se]c1ccccc1. The van der Waals surface area contributed by atoms with Crippen LogP contribution in [0, 0.1) is 0 Å². The molecule has 0 spiro atoms. The minimum atomic E-state index is 0.209. The summed E-state index contributed by atoms with van der Waals surface area (Å²) in [4.78, 5) is 0. The Labute approximate surface area is 155 Å². The Morgan fingerprint density at radius 3 is 1.38 bits per heavy atom. The summed E-state index contributed by atoms with van der Waals surface area (Å²) in [6, 6.07) is 25.4. The Morgan fingerprint density at radius 2 is 1.00 bits per heavy atom. The van der Waals surface area contributed by atoms with E-state index in [1.165, 1.54) is 17.8 Å². The van der Waals surface area contributed by atoms with E-state index in [-0.39, 0.29) is 29.9 Å². The van der Waals surface area contributed by atoms with E-state index in [4.69, 9.17) is 9.47 Å². The summed E-state index contributed by atoms with van der Waals surface area (Å²) in [7, 11) is 3.45. The molecule has 0 aromatic heterocycles. The fourth-order valence-electron chi connectivity index (χ4n) is 2.23. The molecule has 0 radical (unpaired) electrons. The molecule has 0 aliphatic rings. The maximum absolute atomic E-state index is 5.61. The minimum absolute atomic E-state index is 0.209. The first-order valence-corrected chi connectivity index (χ1v) is 10.9. The van der Waals surface area contributed by atoms with Gasteiger partial charge in [0.05, 0.1) is 0 Å². The van der Waals surface area contributed by atoms with Gasteiger partial charge in [0.1, 0.15) is 0 Å². The van der Waals surface area contributed by atoms with Crippen LogP contribution in [0.2, 0.25) is 0 Å². The van der Waals surface area contributed by atoms with Crippen molar-refractivity contribution in [2.45, 2.75) is 0 Å². The van der Waals surface area contributed by atoms with Crippen molar-refractivity contribution in [2.75, 3.05) is 14.2 Å². The maximum atomic E-state index is 5.61. The number of hydrogen-bond donors (Lipinski definition) is 0. The fraction of sp³-hybridized carbons (Fsp3) is 0.100. The molecule has 0 aliphatic heterocycles. The molecule has 4 heteroatoms. The van der Waals surface area contributed by atoms with Crippen molar-refractivity contribution in [3.8, 4) is 11.5 Å². The van der Waals surface area contributed by atoms with Crippen LogP contribution in [0.15, 0.2) is 72.8 Å². The van der Waals surface area contributed by atoms with Gasteiger partial charge in [-0.05, 0) is 0 Å². The molecule has 0 N–H and O–H groups in total. The molecule has 2 nitrogen and oxygen atoms in total. The number of ether oxygens (including phenoxy) is 2. The van der Waals surface area contributed by atoms with Crippen molar-refractivity contribution >= 4 is 47.8 Å². The quantitative estimate of drug-likeness (QED) is 0.525. The topological polar surface area (TPSA) is 18.5 Å². The molecule has 24 heavy (non-hydrogen) atoms. The fourth-order valence-corrected chi connectivity index (χ4v) is 6.67. The summed E-state index contributed by atoms with van der Waals surface area (Å²) in [5.74, 6) is 1.81. The molecule has 0 bridgehead atoms. The third-order valence-corrected chi connectivity index (χ3v) is 7.78. The van der Waals surface area contributed by atoms with Gasteiger partial charge in [-0.2, -0.15) is 0 Å². The van der Waals surface area contributed by atoms with Gasteiger partial charge in [-0.1, -0.05) is 0 Å². The molecule has 3 rings (SSSR count). The van der Waals surface area contributed by atoms with Gasteiger partial charge < -0.3 is 0 Å². The molecule has 0 amide bonds. The average molecular weight is 448 g/mol. The van der Waals surface area contributed by atoms with E-state index in [0.29, 0.717) is 0 Å². The number of hydrogen-bond acceptors (Lipinski definition) is 2. The first-order valence-electron chi connectivity index (χ1n) is 7.52. The van der Waals surface area contributed by atoms with Gasteiger partial charge in [0.2, 0.25) is 0 Å². The third kappa shape index (κ3) is 4.23. The molecule has 3 aromatic carbocycles. The molecule has 0 fully saturated rings. The Bertz CT molecular complexity index is 725. The van der Waals surface area contributed by atoms with Crippen LogP contribution in [-0.4, -0.2) is 44.1 Å². The van der Waals surface area contributed by atoms with E-state index >= 15 is 0 Å². The molecule has 0 saturated heterocycles. The van der Waals surface area contributed by atoms with Crippen LogP contribution in [0.5, 0.6) is 11.5 Å². The van der Waals surface area contributed by atoms with Gasteiger partial charge in [0.25, 0.3) is 0 Å². The Hall–Kier alpha value is -1.70. The van der Waals surface area contributed by atoms with Gasteiger partial charge >= 0.3 is 156 Å². The van der Waals surface area contributed by atoms with E-state index in [0.717, 1.165) is 11.5 Å². The molecule has 0 heterocycles. The van der Waals surface area contributed by atoms with Crippen LogP contribution in [0.4, 0.5) is 0 Å². The predicted octanol–water partition coefficient (Wildman–Crippen LogP) is 1.01. The Kier molecular flexibility index (Phi) is 6.01. The van der Waals surface area contributed by atoms with E-state index < -0.39 is 0 Å². The van der Waals surface area contributed by atoms with E-state index in [2.05, 4.69) is 66.7 Å². The number of rotatable bonds is 6. The summed E-state index contributed by atoms with van der Waals surface area (Å²) in [5.41, 5.74) is 0. The van der Waals surface area contributed by atoms with E-state index in [9.17, 15) is 0 Å². The number of benzene rings is 3. The summed E-state index contributed by atoms with van der Waals surface area (Å²) < 4.78 is 16.4. The second-order valence-electron chi connectivity index (χ2n) is 4.98. The molecule has 0 aliphatic carbocycles.